The highest BCUT2D eigenvalue weighted by Crippen LogP contribution is 2.17. The molecule has 146 valence electrons. The van der Waals surface area contributed by atoms with Gasteiger partial charge in [-0.2, -0.15) is 5.10 Å². The van der Waals surface area contributed by atoms with Crippen molar-refractivity contribution in [2.75, 3.05) is 5.32 Å². The molecule has 0 bridgehead atoms. The van der Waals surface area contributed by atoms with Gasteiger partial charge in [-0.15, -0.1) is 0 Å². The van der Waals surface area contributed by atoms with Gasteiger partial charge in [0.2, 0.25) is 0 Å². The largest absolute Gasteiger partial charge is 0.488 e. The fourth-order valence-corrected chi connectivity index (χ4v) is 2.41. The molecule has 3 rings (SSSR count). The van der Waals surface area contributed by atoms with Crippen LogP contribution in [0.1, 0.15) is 11.1 Å². The summed E-state index contributed by atoms with van der Waals surface area (Å²) in [6.45, 7) is 0.378. The van der Waals surface area contributed by atoms with Crippen molar-refractivity contribution in [2.24, 2.45) is 5.10 Å². The van der Waals surface area contributed by atoms with E-state index in [0.717, 1.165) is 5.56 Å². The molecule has 0 heterocycles. The second-order valence-electron chi connectivity index (χ2n) is 5.95. The number of ether oxygens (including phenoxy) is 1. The van der Waals surface area contributed by atoms with E-state index in [-0.39, 0.29) is 5.69 Å². The van der Waals surface area contributed by atoms with Crippen LogP contribution in [0.25, 0.3) is 0 Å². The van der Waals surface area contributed by atoms with Crippen LogP contribution in [0.15, 0.2) is 84.0 Å². The van der Waals surface area contributed by atoms with Crippen LogP contribution in [-0.4, -0.2) is 18.0 Å². The molecule has 0 fully saturated rings. The Hall–Kier alpha value is -4.00. The fourth-order valence-electron chi connectivity index (χ4n) is 2.41. The molecule has 0 aliphatic heterocycles. The molecule has 0 spiro atoms. The molecule has 7 heteroatoms. The van der Waals surface area contributed by atoms with Crippen molar-refractivity contribution in [1.82, 2.24) is 5.43 Å². The molecular formula is C22H18FN3O3. The van der Waals surface area contributed by atoms with E-state index in [4.69, 9.17) is 4.74 Å². The minimum atomic E-state index is -1.03. The molecule has 0 saturated heterocycles. The maximum Gasteiger partial charge on any atom is 0.329 e. The zero-order valence-corrected chi connectivity index (χ0v) is 15.3. The van der Waals surface area contributed by atoms with Crippen LogP contribution in [-0.2, 0) is 16.2 Å². The Morgan fingerprint density at radius 2 is 1.59 bits per heavy atom. The number of halogens is 1. The van der Waals surface area contributed by atoms with Crippen molar-refractivity contribution < 1.29 is 18.7 Å². The number of hydrogen-bond donors (Lipinski definition) is 2. The van der Waals surface area contributed by atoms with Crippen molar-refractivity contribution in [3.63, 3.8) is 0 Å². The number of amides is 2. The number of rotatable bonds is 6. The van der Waals surface area contributed by atoms with E-state index in [0.29, 0.717) is 17.9 Å². The molecule has 2 N–H and O–H groups in total. The lowest BCUT2D eigenvalue weighted by Gasteiger charge is -2.09. The molecule has 0 saturated carbocycles. The van der Waals surface area contributed by atoms with Gasteiger partial charge >= 0.3 is 11.8 Å². The highest BCUT2D eigenvalue weighted by molar-refractivity contribution is 6.39. The zero-order chi connectivity index (χ0) is 20.5. The highest BCUT2D eigenvalue weighted by Gasteiger charge is 2.14. The minimum Gasteiger partial charge on any atom is -0.488 e. The third-order valence-electron chi connectivity index (χ3n) is 3.85. The normalized spacial score (nSPS) is 10.5. The molecule has 0 unspecified atom stereocenters. The Balaban J connectivity index is 1.58. The van der Waals surface area contributed by atoms with E-state index < -0.39 is 17.6 Å². The van der Waals surface area contributed by atoms with Gasteiger partial charge < -0.3 is 10.1 Å². The van der Waals surface area contributed by atoms with Crippen molar-refractivity contribution in [3.05, 3.63) is 95.8 Å². The average molecular weight is 391 g/mol. The van der Waals surface area contributed by atoms with Crippen molar-refractivity contribution in [2.45, 2.75) is 6.61 Å². The molecule has 0 aromatic heterocycles. The number of anilines is 1. The molecular weight excluding hydrogens is 373 g/mol. The number of para-hydroxylation sites is 2. The van der Waals surface area contributed by atoms with Crippen LogP contribution >= 0.6 is 0 Å². The molecule has 3 aromatic carbocycles. The van der Waals surface area contributed by atoms with Crippen LogP contribution in [0.4, 0.5) is 10.1 Å². The Morgan fingerprint density at radius 3 is 2.38 bits per heavy atom. The van der Waals surface area contributed by atoms with Gasteiger partial charge in [0.15, 0.2) is 0 Å². The first-order chi connectivity index (χ1) is 14.1. The van der Waals surface area contributed by atoms with Gasteiger partial charge in [-0.25, -0.2) is 9.82 Å². The third kappa shape index (κ3) is 5.74. The number of carbonyl (C=O) groups is 2. The lowest BCUT2D eigenvalue weighted by atomic mass is 10.2. The summed E-state index contributed by atoms with van der Waals surface area (Å²) in [6, 6.07) is 22.4. The average Bonchev–Trinajstić information content (AvgIpc) is 2.75. The first-order valence-corrected chi connectivity index (χ1v) is 8.78. The smallest absolute Gasteiger partial charge is 0.329 e. The predicted octanol–water partition coefficient (Wildman–Crippen LogP) is 3.49. The molecule has 3 aromatic rings. The fraction of sp³-hybridized carbons (Fsp3) is 0.0455. The van der Waals surface area contributed by atoms with Crippen molar-refractivity contribution in [3.8, 4) is 5.75 Å². The molecule has 0 aliphatic carbocycles. The van der Waals surface area contributed by atoms with Gasteiger partial charge in [0.1, 0.15) is 18.2 Å². The van der Waals surface area contributed by atoms with E-state index in [1.807, 2.05) is 36.4 Å². The Bertz CT molecular complexity index is 1020. The summed E-state index contributed by atoms with van der Waals surface area (Å²) in [4.78, 5) is 23.7. The monoisotopic (exact) mass is 391 g/mol. The lowest BCUT2D eigenvalue weighted by Crippen LogP contribution is -2.32. The minimum absolute atomic E-state index is 0.0868. The second-order valence-corrected chi connectivity index (χ2v) is 5.95. The van der Waals surface area contributed by atoms with E-state index in [9.17, 15) is 14.0 Å². The van der Waals surface area contributed by atoms with Gasteiger partial charge in [0.05, 0.1) is 11.9 Å². The summed E-state index contributed by atoms with van der Waals surface area (Å²) in [5, 5.41) is 5.97. The molecule has 0 radical (unpaired) electrons. The van der Waals surface area contributed by atoms with Crippen LogP contribution < -0.4 is 15.5 Å². The quantitative estimate of drug-likeness (QED) is 0.383. The second kappa shape index (κ2) is 9.80. The number of benzene rings is 3. The summed E-state index contributed by atoms with van der Waals surface area (Å²) >= 11 is 0. The molecule has 6 nitrogen and oxygen atoms in total. The Morgan fingerprint density at radius 1 is 0.897 bits per heavy atom. The number of nitrogens with zero attached hydrogens (tertiary/aromatic N) is 1. The summed E-state index contributed by atoms with van der Waals surface area (Å²) in [5.74, 6) is -2.11. The molecule has 0 aliphatic rings. The van der Waals surface area contributed by atoms with Crippen molar-refractivity contribution >= 4 is 23.7 Å². The van der Waals surface area contributed by atoms with Crippen molar-refractivity contribution in [1.29, 1.82) is 0 Å². The standard InChI is InChI=1S/C22H18FN3O3/c23-18-11-5-6-12-19(18)25-21(27)22(28)26-24-14-17-10-4-7-13-20(17)29-15-16-8-2-1-3-9-16/h1-14H,15H2,(H,25,27)(H,26,28)/b24-14-. The SMILES string of the molecule is O=C(N/N=C\c1ccccc1OCc1ccccc1)C(=O)Nc1ccccc1F. The summed E-state index contributed by atoms with van der Waals surface area (Å²) in [5.41, 5.74) is 3.66. The predicted molar refractivity (Wildman–Crippen MR) is 108 cm³/mol. The van der Waals surface area contributed by atoms with Gasteiger partial charge in [-0.05, 0) is 29.8 Å². The summed E-state index contributed by atoms with van der Waals surface area (Å²) in [6.07, 6.45) is 1.37. The van der Waals surface area contributed by atoms with Crippen LogP contribution in [0.5, 0.6) is 5.75 Å². The van der Waals surface area contributed by atoms with Crippen LogP contribution in [0.2, 0.25) is 0 Å². The van der Waals surface area contributed by atoms with Gasteiger partial charge in [0.25, 0.3) is 0 Å². The number of hydrogen-bond acceptors (Lipinski definition) is 4. The van der Waals surface area contributed by atoms with Gasteiger partial charge in [0, 0.05) is 5.56 Å². The summed E-state index contributed by atoms with van der Waals surface area (Å²) in [7, 11) is 0. The number of hydrazone groups is 1. The highest BCUT2D eigenvalue weighted by atomic mass is 19.1. The van der Waals surface area contributed by atoms with Crippen LogP contribution in [0.3, 0.4) is 0 Å². The first-order valence-electron chi connectivity index (χ1n) is 8.78. The molecule has 2 amide bonds. The molecule has 29 heavy (non-hydrogen) atoms. The molecule has 0 atom stereocenters. The summed E-state index contributed by atoms with van der Waals surface area (Å²) < 4.78 is 19.3. The maximum atomic E-state index is 13.5. The maximum absolute atomic E-state index is 13.5. The number of carbonyl (C=O) groups excluding carboxylic acids is 2. The van der Waals surface area contributed by atoms with Gasteiger partial charge in [-0.1, -0.05) is 54.6 Å². The van der Waals surface area contributed by atoms with E-state index in [1.165, 1.54) is 24.4 Å². The van der Waals surface area contributed by atoms with Gasteiger partial charge in [-0.3, -0.25) is 9.59 Å². The third-order valence-corrected chi connectivity index (χ3v) is 3.85. The Kier molecular flexibility index (Phi) is 6.67. The Labute approximate surface area is 167 Å². The van der Waals surface area contributed by atoms with E-state index in [2.05, 4.69) is 15.8 Å². The topological polar surface area (TPSA) is 79.8 Å². The van der Waals surface area contributed by atoms with E-state index >= 15 is 0 Å². The van der Waals surface area contributed by atoms with Crippen LogP contribution in [0, 0.1) is 5.82 Å². The first kappa shape index (κ1) is 19.8. The zero-order valence-electron chi connectivity index (χ0n) is 15.3. The lowest BCUT2D eigenvalue weighted by molar-refractivity contribution is -0.136. The number of nitrogens with one attached hydrogen (secondary N) is 2. The van der Waals surface area contributed by atoms with E-state index in [1.54, 1.807) is 24.3 Å².